The van der Waals surface area contributed by atoms with Gasteiger partial charge in [0.2, 0.25) is 5.91 Å². The smallest absolute Gasteiger partial charge is 0.405 e. The largest absolute Gasteiger partial charge is 0.573 e. The van der Waals surface area contributed by atoms with Crippen LogP contribution in [0.25, 0.3) is 5.69 Å². The van der Waals surface area contributed by atoms with Crippen molar-refractivity contribution >= 4 is 5.91 Å². The van der Waals surface area contributed by atoms with Gasteiger partial charge in [-0.15, -0.1) is 13.2 Å². The Balaban J connectivity index is 1.64. The number of benzene rings is 2. The second-order valence-corrected chi connectivity index (χ2v) is 6.34. The van der Waals surface area contributed by atoms with Crippen molar-refractivity contribution in [2.45, 2.75) is 19.3 Å². The topological polar surface area (TPSA) is 34.5 Å². The quantitative estimate of drug-likeness (QED) is 0.620. The van der Waals surface area contributed by atoms with Crippen LogP contribution in [-0.2, 0) is 17.8 Å². The molecule has 146 valence electrons. The maximum atomic E-state index is 12.5. The molecule has 0 aliphatic heterocycles. The summed E-state index contributed by atoms with van der Waals surface area (Å²) in [5.41, 5.74) is 2.10. The summed E-state index contributed by atoms with van der Waals surface area (Å²) in [6.45, 7) is 0.0204. The van der Waals surface area contributed by atoms with Crippen LogP contribution < -0.4 is 4.74 Å². The predicted octanol–water partition coefficient (Wildman–Crippen LogP) is 4.58. The molecule has 0 saturated heterocycles. The fourth-order valence-corrected chi connectivity index (χ4v) is 2.80. The molecule has 0 aliphatic carbocycles. The van der Waals surface area contributed by atoms with E-state index < -0.39 is 6.36 Å². The second-order valence-electron chi connectivity index (χ2n) is 6.34. The van der Waals surface area contributed by atoms with E-state index in [2.05, 4.69) is 4.74 Å². The Morgan fingerprint density at radius 2 is 1.64 bits per heavy atom. The van der Waals surface area contributed by atoms with Gasteiger partial charge < -0.3 is 14.2 Å². The monoisotopic (exact) mass is 388 g/mol. The Morgan fingerprint density at radius 1 is 1.00 bits per heavy atom. The first-order valence-corrected chi connectivity index (χ1v) is 8.62. The molecule has 3 aromatic rings. The van der Waals surface area contributed by atoms with Gasteiger partial charge >= 0.3 is 6.36 Å². The van der Waals surface area contributed by atoms with Gasteiger partial charge in [0.1, 0.15) is 5.75 Å². The summed E-state index contributed by atoms with van der Waals surface area (Å²) < 4.78 is 43.6. The summed E-state index contributed by atoms with van der Waals surface area (Å²) in [6.07, 6.45) is -0.770. The molecule has 2 aromatic carbocycles. The predicted molar refractivity (Wildman–Crippen MR) is 99.1 cm³/mol. The zero-order valence-corrected chi connectivity index (χ0v) is 15.2. The molecule has 7 heteroatoms. The van der Waals surface area contributed by atoms with E-state index in [1.165, 1.54) is 23.1 Å². The zero-order valence-electron chi connectivity index (χ0n) is 15.2. The third-order valence-corrected chi connectivity index (χ3v) is 4.23. The molecule has 4 nitrogen and oxygen atoms in total. The van der Waals surface area contributed by atoms with E-state index in [0.29, 0.717) is 5.56 Å². The zero-order chi connectivity index (χ0) is 20.1. The number of ether oxygens (including phenoxy) is 1. The molecular formula is C21H19F3N2O2. The van der Waals surface area contributed by atoms with Gasteiger partial charge in [0, 0.05) is 37.2 Å². The van der Waals surface area contributed by atoms with Crippen LogP contribution in [0, 0.1) is 0 Å². The van der Waals surface area contributed by atoms with Crippen molar-refractivity contribution in [3.05, 3.63) is 84.2 Å². The molecule has 28 heavy (non-hydrogen) atoms. The first-order valence-electron chi connectivity index (χ1n) is 8.62. The normalized spacial score (nSPS) is 11.3. The maximum Gasteiger partial charge on any atom is 0.573 e. The summed E-state index contributed by atoms with van der Waals surface area (Å²) >= 11 is 0. The van der Waals surface area contributed by atoms with E-state index >= 15 is 0 Å². The van der Waals surface area contributed by atoms with Crippen LogP contribution in [0.1, 0.15) is 11.1 Å². The minimum absolute atomic E-state index is 0.0204. The molecule has 0 radical (unpaired) electrons. The summed E-state index contributed by atoms with van der Waals surface area (Å²) in [5, 5.41) is 0. The molecule has 3 rings (SSSR count). The fourth-order valence-electron chi connectivity index (χ4n) is 2.80. The molecule has 0 saturated carbocycles. The summed E-state index contributed by atoms with van der Waals surface area (Å²) in [6, 6.07) is 17.2. The fraction of sp³-hybridized carbons (Fsp3) is 0.190. The Kier molecular flexibility index (Phi) is 5.73. The highest BCUT2D eigenvalue weighted by molar-refractivity contribution is 5.78. The Bertz CT molecular complexity index is 920. The molecule has 0 atom stereocenters. The molecule has 0 spiro atoms. The number of nitrogens with zero attached hydrogens (tertiary/aromatic N) is 2. The van der Waals surface area contributed by atoms with Gasteiger partial charge in [-0.3, -0.25) is 4.79 Å². The van der Waals surface area contributed by atoms with Gasteiger partial charge in [-0.05, 0) is 35.9 Å². The molecular weight excluding hydrogens is 369 g/mol. The molecule has 0 unspecified atom stereocenters. The lowest BCUT2D eigenvalue weighted by Gasteiger charge is -2.20. The Morgan fingerprint density at radius 3 is 2.29 bits per heavy atom. The van der Waals surface area contributed by atoms with Crippen molar-refractivity contribution in [1.82, 2.24) is 9.47 Å². The lowest BCUT2D eigenvalue weighted by Crippen LogP contribution is -2.28. The highest BCUT2D eigenvalue weighted by Gasteiger charge is 2.32. The van der Waals surface area contributed by atoms with E-state index in [1.807, 2.05) is 53.4 Å². The first-order chi connectivity index (χ1) is 13.3. The van der Waals surface area contributed by atoms with Crippen molar-refractivity contribution in [1.29, 1.82) is 0 Å². The number of carbonyl (C=O) groups excluding carboxylic acids is 1. The van der Waals surface area contributed by atoms with Crippen LogP contribution in [0.4, 0.5) is 13.2 Å². The number of hydrogen-bond acceptors (Lipinski definition) is 2. The van der Waals surface area contributed by atoms with Crippen molar-refractivity contribution in [3.8, 4) is 11.4 Å². The highest BCUT2D eigenvalue weighted by Crippen LogP contribution is 2.27. The number of amides is 1. The lowest BCUT2D eigenvalue weighted by molar-refractivity contribution is -0.275. The van der Waals surface area contributed by atoms with Crippen molar-refractivity contribution in [3.63, 3.8) is 0 Å². The van der Waals surface area contributed by atoms with E-state index in [0.717, 1.165) is 11.3 Å². The summed E-state index contributed by atoms with van der Waals surface area (Å²) in [4.78, 5) is 13.9. The molecule has 0 N–H and O–H groups in total. The van der Waals surface area contributed by atoms with Crippen LogP contribution in [0.3, 0.4) is 0 Å². The first kappa shape index (κ1) is 19.5. The average Bonchev–Trinajstić information content (AvgIpc) is 3.17. The van der Waals surface area contributed by atoms with Crippen molar-refractivity contribution in [2.75, 3.05) is 7.05 Å². The molecule has 0 fully saturated rings. The van der Waals surface area contributed by atoms with Gasteiger partial charge in [0.15, 0.2) is 0 Å². The van der Waals surface area contributed by atoms with Crippen LogP contribution in [0.5, 0.6) is 5.75 Å². The number of likely N-dealkylation sites (N-methyl/N-ethyl adjacent to an activating group) is 1. The third-order valence-electron chi connectivity index (χ3n) is 4.23. The number of carbonyl (C=O) groups is 1. The summed E-state index contributed by atoms with van der Waals surface area (Å²) in [5.74, 6) is -0.499. The molecule has 0 aliphatic rings. The minimum atomic E-state index is -4.78. The van der Waals surface area contributed by atoms with Gasteiger partial charge in [-0.25, -0.2) is 0 Å². The van der Waals surface area contributed by atoms with Gasteiger partial charge in [-0.1, -0.05) is 30.3 Å². The van der Waals surface area contributed by atoms with E-state index in [1.54, 1.807) is 13.1 Å². The lowest BCUT2D eigenvalue weighted by atomic mass is 10.1. The second kappa shape index (κ2) is 8.21. The Hall–Kier alpha value is -3.22. The van der Waals surface area contributed by atoms with Crippen LogP contribution in [0.15, 0.2) is 73.1 Å². The van der Waals surface area contributed by atoms with Gasteiger partial charge in [-0.2, -0.15) is 0 Å². The standard InChI is InChI=1S/C21H19F3N2O2/c1-25(15-17-6-2-3-7-19(17)28-21(22,23)24)20(27)14-16-8-10-18(11-9-16)26-12-4-5-13-26/h2-13H,14-15H2,1H3. The summed E-state index contributed by atoms with van der Waals surface area (Å²) in [7, 11) is 1.56. The number of rotatable bonds is 6. The number of hydrogen-bond donors (Lipinski definition) is 0. The minimum Gasteiger partial charge on any atom is -0.405 e. The number of aromatic nitrogens is 1. The van der Waals surface area contributed by atoms with Crippen molar-refractivity contribution in [2.24, 2.45) is 0 Å². The highest BCUT2D eigenvalue weighted by atomic mass is 19.4. The SMILES string of the molecule is CN(Cc1ccccc1OC(F)(F)F)C(=O)Cc1ccc(-n2cccc2)cc1. The van der Waals surface area contributed by atoms with Crippen LogP contribution in [0.2, 0.25) is 0 Å². The number of para-hydroxylation sites is 1. The third kappa shape index (κ3) is 5.16. The van der Waals surface area contributed by atoms with Crippen LogP contribution >= 0.6 is 0 Å². The van der Waals surface area contributed by atoms with E-state index in [-0.39, 0.29) is 24.6 Å². The van der Waals surface area contributed by atoms with Crippen molar-refractivity contribution < 1.29 is 22.7 Å². The molecule has 0 bridgehead atoms. The average molecular weight is 388 g/mol. The van der Waals surface area contributed by atoms with E-state index in [9.17, 15) is 18.0 Å². The van der Waals surface area contributed by atoms with Gasteiger partial charge in [0.05, 0.1) is 6.42 Å². The molecule has 1 heterocycles. The van der Waals surface area contributed by atoms with Crippen LogP contribution in [-0.4, -0.2) is 28.8 Å². The molecule has 1 aromatic heterocycles. The maximum absolute atomic E-state index is 12.5. The Labute approximate surface area is 160 Å². The number of halogens is 3. The molecule has 1 amide bonds. The number of alkyl halides is 3. The van der Waals surface area contributed by atoms with E-state index in [4.69, 9.17) is 0 Å². The van der Waals surface area contributed by atoms with Gasteiger partial charge in [0.25, 0.3) is 0 Å².